The molecule has 0 saturated carbocycles. The van der Waals surface area contributed by atoms with E-state index in [4.69, 9.17) is 19.1 Å². The van der Waals surface area contributed by atoms with Gasteiger partial charge >= 0.3 is 0 Å². The lowest BCUT2D eigenvalue weighted by Gasteiger charge is -2.16. The fourth-order valence-corrected chi connectivity index (χ4v) is 7.10. The van der Waals surface area contributed by atoms with Crippen LogP contribution in [-0.2, 0) is 14.3 Å². The Hall–Kier alpha value is -4.92. The van der Waals surface area contributed by atoms with Crippen LogP contribution < -0.4 is 20.4 Å². The summed E-state index contributed by atoms with van der Waals surface area (Å²) in [7, 11) is -3.82. The molecule has 0 aromatic heterocycles. The average molecular weight is 646 g/mol. The van der Waals surface area contributed by atoms with Gasteiger partial charge in [0.1, 0.15) is 43.4 Å². The SMILES string of the molecule is Cc1ccc(S(=O)(=O)OCCOc2ccc(-c3ccc(-c4c5ccc(=[N+]6CCCCC6)cc-5oc5cc(N)ccc45)cc3)cc2)cc1. The predicted octanol–water partition coefficient (Wildman–Crippen LogP) is 7.50. The van der Waals surface area contributed by atoms with Gasteiger partial charge in [0.05, 0.1) is 11.0 Å². The Kier molecular flexibility index (Phi) is 8.54. The summed E-state index contributed by atoms with van der Waals surface area (Å²) in [6, 6.07) is 35.3. The Labute approximate surface area is 275 Å². The van der Waals surface area contributed by atoms with Crippen LogP contribution in [0.3, 0.4) is 0 Å². The van der Waals surface area contributed by atoms with Gasteiger partial charge < -0.3 is 14.9 Å². The molecular weight excluding hydrogens is 609 g/mol. The zero-order valence-electron chi connectivity index (χ0n) is 26.3. The highest BCUT2D eigenvalue weighted by molar-refractivity contribution is 7.86. The largest absolute Gasteiger partial charge is 0.491 e. The molecule has 7 rings (SSSR count). The van der Waals surface area contributed by atoms with Crippen LogP contribution in [0.15, 0.2) is 119 Å². The van der Waals surface area contributed by atoms with Gasteiger partial charge in [0.15, 0.2) is 0 Å². The van der Waals surface area contributed by atoms with Gasteiger partial charge in [-0.05, 0) is 72.5 Å². The fraction of sp³-hybridized carbons (Fsp3) is 0.205. The summed E-state index contributed by atoms with van der Waals surface area (Å²) in [6.07, 6.45) is 3.72. The first-order valence-corrected chi connectivity index (χ1v) is 17.4. The van der Waals surface area contributed by atoms with E-state index in [9.17, 15) is 8.42 Å². The Morgan fingerprint density at radius 3 is 2.15 bits per heavy atom. The lowest BCUT2D eigenvalue weighted by Crippen LogP contribution is -2.34. The van der Waals surface area contributed by atoms with Crippen LogP contribution in [0.4, 0.5) is 5.69 Å². The molecule has 2 aliphatic heterocycles. The number of ether oxygens (including phenoxy) is 1. The molecule has 4 aromatic rings. The summed E-state index contributed by atoms with van der Waals surface area (Å²) in [5.74, 6) is 1.48. The lowest BCUT2D eigenvalue weighted by molar-refractivity contribution is 0.221. The van der Waals surface area contributed by atoms with Crippen molar-refractivity contribution in [2.45, 2.75) is 31.1 Å². The van der Waals surface area contributed by atoms with E-state index in [2.05, 4.69) is 47.0 Å². The smallest absolute Gasteiger partial charge is 0.297 e. The summed E-state index contributed by atoms with van der Waals surface area (Å²) >= 11 is 0. The van der Waals surface area contributed by atoms with Gasteiger partial charge in [0.25, 0.3) is 10.1 Å². The summed E-state index contributed by atoms with van der Waals surface area (Å²) in [6.45, 7) is 4.07. The Morgan fingerprint density at radius 1 is 0.745 bits per heavy atom. The molecular formula is C39H37N2O5S+. The molecule has 0 radical (unpaired) electrons. The maximum Gasteiger partial charge on any atom is 0.297 e. The van der Waals surface area contributed by atoms with Crippen molar-refractivity contribution >= 4 is 26.8 Å². The predicted molar refractivity (Wildman–Crippen MR) is 187 cm³/mol. The van der Waals surface area contributed by atoms with Crippen LogP contribution in [-0.4, -0.2) is 34.7 Å². The van der Waals surface area contributed by atoms with E-state index in [1.165, 1.54) is 24.6 Å². The second-order valence-corrected chi connectivity index (χ2v) is 13.6. The molecule has 0 bridgehead atoms. The molecule has 7 nitrogen and oxygen atoms in total. The highest BCUT2D eigenvalue weighted by atomic mass is 32.2. The third-order valence-electron chi connectivity index (χ3n) is 8.71. The second-order valence-electron chi connectivity index (χ2n) is 12.0. The number of hydrogen-bond donors (Lipinski definition) is 1. The minimum atomic E-state index is -3.82. The number of fused-ring (bicyclic) bond motifs is 2. The summed E-state index contributed by atoms with van der Waals surface area (Å²) in [5.41, 5.74) is 14.0. The minimum Gasteiger partial charge on any atom is -0.491 e. The molecule has 47 heavy (non-hydrogen) atoms. The summed E-state index contributed by atoms with van der Waals surface area (Å²) < 4.78 is 44.6. The highest BCUT2D eigenvalue weighted by Gasteiger charge is 2.20. The highest BCUT2D eigenvalue weighted by Crippen LogP contribution is 2.40. The van der Waals surface area contributed by atoms with Crippen molar-refractivity contribution in [1.82, 2.24) is 4.58 Å². The quantitative estimate of drug-likeness (QED) is 0.0606. The van der Waals surface area contributed by atoms with Crippen molar-refractivity contribution in [2.75, 3.05) is 32.0 Å². The first-order chi connectivity index (χ1) is 22.8. The molecule has 2 heterocycles. The normalized spacial score (nSPS) is 13.7. The third kappa shape index (κ3) is 6.66. The van der Waals surface area contributed by atoms with Gasteiger partial charge in [-0.2, -0.15) is 8.42 Å². The second kappa shape index (κ2) is 13.1. The van der Waals surface area contributed by atoms with Crippen LogP contribution in [0.2, 0.25) is 0 Å². The van der Waals surface area contributed by atoms with Gasteiger partial charge in [-0.3, -0.25) is 4.18 Å². The number of benzene rings is 5. The van der Waals surface area contributed by atoms with E-state index in [1.807, 2.05) is 49.4 Å². The molecule has 1 fully saturated rings. The van der Waals surface area contributed by atoms with Crippen molar-refractivity contribution < 1.29 is 21.8 Å². The lowest BCUT2D eigenvalue weighted by atomic mass is 9.92. The van der Waals surface area contributed by atoms with Crippen LogP contribution in [0.1, 0.15) is 24.8 Å². The van der Waals surface area contributed by atoms with Gasteiger partial charge in [0.2, 0.25) is 5.36 Å². The molecule has 1 saturated heterocycles. The van der Waals surface area contributed by atoms with Crippen molar-refractivity contribution in [3.05, 3.63) is 120 Å². The number of nitrogens with two attached hydrogens (primary N) is 1. The molecule has 2 N–H and O–H groups in total. The number of rotatable bonds is 8. The molecule has 0 atom stereocenters. The zero-order valence-corrected chi connectivity index (χ0v) is 27.1. The number of hydrogen-bond acceptors (Lipinski definition) is 6. The van der Waals surface area contributed by atoms with Crippen LogP contribution in [0.5, 0.6) is 5.75 Å². The molecule has 1 aliphatic carbocycles. The van der Waals surface area contributed by atoms with E-state index in [0.717, 1.165) is 63.2 Å². The summed E-state index contributed by atoms with van der Waals surface area (Å²) in [5, 5.41) is 2.21. The zero-order chi connectivity index (χ0) is 32.4. The number of nitrogens with zero attached hydrogens (tertiary/aromatic N) is 1. The molecule has 0 unspecified atom stereocenters. The third-order valence-corrected chi connectivity index (χ3v) is 10.0. The van der Waals surface area contributed by atoms with Gasteiger partial charge in [-0.1, -0.05) is 54.1 Å². The van der Waals surface area contributed by atoms with Crippen LogP contribution in [0.25, 0.3) is 44.5 Å². The van der Waals surface area contributed by atoms with Gasteiger partial charge in [0, 0.05) is 47.2 Å². The van der Waals surface area contributed by atoms with Gasteiger partial charge in [-0.15, -0.1) is 0 Å². The monoisotopic (exact) mass is 645 g/mol. The van der Waals surface area contributed by atoms with Crippen LogP contribution in [0, 0.1) is 6.92 Å². The Balaban J connectivity index is 1.09. The molecule has 4 aromatic carbocycles. The van der Waals surface area contributed by atoms with E-state index in [0.29, 0.717) is 11.4 Å². The van der Waals surface area contributed by atoms with Gasteiger partial charge in [-0.25, -0.2) is 4.58 Å². The number of aryl methyl sites for hydroxylation is 1. The first kappa shape index (κ1) is 30.7. The molecule has 238 valence electrons. The molecule has 0 spiro atoms. The number of nitrogen functional groups attached to an aromatic ring is 1. The molecule has 8 heteroatoms. The summed E-state index contributed by atoms with van der Waals surface area (Å²) in [4.78, 5) is 0.133. The number of piperidine rings is 1. The topological polar surface area (TPSA) is 94.8 Å². The first-order valence-electron chi connectivity index (χ1n) is 16.0. The standard InChI is InChI=1S/C39H36N2O5S/c1-27-5-17-34(18-6-27)47(42,43)45-24-23-44-33-15-11-29(12-16-33)28-7-9-30(10-8-28)39-35-19-13-31(40)25-37(35)46-38-26-32(14-20-36(38)39)41-21-3-2-4-22-41/h5-20,25-26,40H,2-4,21-24H2,1H3/p+1. The van der Waals surface area contributed by atoms with E-state index in [1.54, 1.807) is 24.3 Å². The maximum atomic E-state index is 12.4. The van der Waals surface area contributed by atoms with E-state index >= 15 is 0 Å². The van der Waals surface area contributed by atoms with Crippen LogP contribution >= 0.6 is 0 Å². The molecule has 0 amide bonds. The Bertz CT molecular complexity index is 2180. The Morgan fingerprint density at radius 2 is 1.43 bits per heavy atom. The van der Waals surface area contributed by atoms with Crippen molar-refractivity contribution in [2.24, 2.45) is 0 Å². The average Bonchev–Trinajstić information content (AvgIpc) is 3.10. The maximum absolute atomic E-state index is 12.4. The molecule has 3 aliphatic rings. The van der Waals surface area contributed by atoms with E-state index in [-0.39, 0.29) is 18.1 Å². The number of anilines is 1. The van der Waals surface area contributed by atoms with Crippen molar-refractivity contribution in [3.8, 4) is 39.3 Å². The fourth-order valence-electron chi connectivity index (χ4n) is 6.20. The van der Waals surface area contributed by atoms with Crippen molar-refractivity contribution in [1.29, 1.82) is 0 Å². The minimum absolute atomic E-state index is 0.0816. The van der Waals surface area contributed by atoms with E-state index < -0.39 is 10.1 Å². The van der Waals surface area contributed by atoms with Crippen molar-refractivity contribution in [3.63, 3.8) is 0 Å².